The molecule has 1 N–H and O–H groups in total. The number of aliphatic hydroxyl groups excluding tert-OH is 1. The monoisotopic (exact) mass is 266 g/mol. The Hall–Kier alpha value is -1.13. The Bertz CT molecular complexity index is 392. The normalized spacial score (nSPS) is 11.4. The fourth-order valence-electron chi connectivity index (χ4n) is 1.72. The van der Waals surface area contributed by atoms with Crippen LogP contribution in [0.4, 0.5) is 5.82 Å². The van der Waals surface area contributed by atoms with E-state index >= 15 is 0 Å². The Morgan fingerprint density at radius 3 is 2.47 bits per heavy atom. The Morgan fingerprint density at radius 2 is 1.95 bits per heavy atom. The van der Waals surface area contributed by atoms with Gasteiger partial charge in [-0.2, -0.15) is 0 Å². The third-order valence-electron chi connectivity index (χ3n) is 2.93. The minimum Gasteiger partial charge on any atom is -0.392 e. The van der Waals surface area contributed by atoms with E-state index in [1.165, 1.54) is 0 Å². The molecule has 0 fully saturated rings. The van der Waals surface area contributed by atoms with Crippen molar-refractivity contribution in [1.29, 1.82) is 0 Å². The van der Waals surface area contributed by atoms with Crippen molar-refractivity contribution in [2.24, 2.45) is 0 Å². The summed E-state index contributed by atoms with van der Waals surface area (Å²) in [6.45, 7) is 9.78. The van der Waals surface area contributed by atoms with Gasteiger partial charge in [-0.3, -0.25) is 0 Å². The zero-order chi connectivity index (χ0) is 14.4. The molecule has 0 amide bonds. The number of ether oxygens (including phenoxy) is 1. The molecule has 0 aliphatic heterocycles. The molecule has 0 unspecified atom stereocenters. The summed E-state index contributed by atoms with van der Waals surface area (Å²) in [6.07, 6.45) is 0.247. The van der Waals surface area contributed by atoms with Crippen LogP contribution in [0, 0.1) is 0 Å². The molecule has 1 rings (SSSR count). The molecule has 1 aromatic heterocycles. The van der Waals surface area contributed by atoms with Crippen LogP contribution in [0.25, 0.3) is 0 Å². The average molecular weight is 266 g/mol. The first-order valence-corrected chi connectivity index (χ1v) is 6.88. The number of likely N-dealkylation sites (N-methyl/N-ethyl adjacent to an activating group) is 1. The molecular weight excluding hydrogens is 240 g/mol. The lowest BCUT2D eigenvalue weighted by Crippen LogP contribution is -2.25. The molecule has 1 heterocycles. The number of rotatable bonds is 7. The molecule has 0 saturated heterocycles. The molecule has 0 saturated carbocycles. The van der Waals surface area contributed by atoms with Crippen LogP contribution in [-0.4, -0.2) is 36.4 Å². The molecular formula is C15H26N2O2. The molecule has 0 radical (unpaired) electrons. The van der Waals surface area contributed by atoms with Gasteiger partial charge in [-0.1, -0.05) is 13.8 Å². The van der Waals surface area contributed by atoms with E-state index in [1.807, 2.05) is 33.0 Å². The van der Waals surface area contributed by atoms with Gasteiger partial charge in [0.25, 0.3) is 0 Å². The highest BCUT2D eigenvalue weighted by Crippen LogP contribution is 2.19. The lowest BCUT2D eigenvalue weighted by Gasteiger charge is -2.21. The van der Waals surface area contributed by atoms with E-state index < -0.39 is 0 Å². The van der Waals surface area contributed by atoms with Crippen LogP contribution in [0.3, 0.4) is 0 Å². The van der Waals surface area contributed by atoms with Crippen molar-refractivity contribution >= 4 is 5.82 Å². The maximum absolute atomic E-state index is 9.33. The van der Waals surface area contributed by atoms with Crippen molar-refractivity contribution in [3.8, 4) is 0 Å². The summed E-state index contributed by atoms with van der Waals surface area (Å²) in [7, 11) is 2.00. The maximum atomic E-state index is 9.33. The van der Waals surface area contributed by atoms with Crippen LogP contribution in [0.2, 0.25) is 0 Å². The zero-order valence-electron chi connectivity index (χ0n) is 12.7. The van der Waals surface area contributed by atoms with Crippen molar-refractivity contribution in [2.75, 3.05) is 25.1 Å². The van der Waals surface area contributed by atoms with E-state index in [1.54, 1.807) is 0 Å². The highest BCUT2D eigenvalue weighted by molar-refractivity contribution is 5.42. The number of aromatic nitrogens is 1. The highest BCUT2D eigenvalue weighted by atomic mass is 16.5. The Balaban J connectivity index is 2.77. The van der Waals surface area contributed by atoms with Gasteiger partial charge in [0.1, 0.15) is 5.82 Å². The first-order valence-electron chi connectivity index (χ1n) is 6.88. The van der Waals surface area contributed by atoms with Gasteiger partial charge in [0, 0.05) is 19.3 Å². The van der Waals surface area contributed by atoms with Gasteiger partial charge in [-0.25, -0.2) is 4.98 Å². The summed E-state index contributed by atoms with van der Waals surface area (Å²) in [6, 6.07) is 3.90. The largest absolute Gasteiger partial charge is 0.392 e. The summed E-state index contributed by atoms with van der Waals surface area (Å²) < 4.78 is 5.55. The van der Waals surface area contributed by atoms with E-state index in [0.717, 1.165) is 23.6 Å². The smallest absolute Gasteiger partial charge is 0.128 e. The van der Waals surface area contributed by atoms with Crippen molar-refractivity contribution in [3.63, 3.8) is 0 Å². The molecule has 0 atom stereocenters. The van der Waals surface area contributed by atoms with Gasteiger partial charge in [0.05, 0.1) is 19.3 Å². The second kappa shape index (κ2) is 7.46. The summed E-state index contributed by atoms with van der Waals surface area (Å²) in [5, 5.41) is 9.33. The zero-order valence-corrected chi connectivity index (χ0v) is 12.7. The first kappa shape index (κ1) is 15.9. The first-order chi connectivity index (χ1) is 8.93. The van der Waals surface area contributed by atoms with Gasteiger partial charge in [-0.05, 0) is 37.5 Å². The third-order valence-corrected chi connectivity index (χ3v) is 2.93. The van der Waals surface area contributed by atoms with Crippen LogP contribution in [-0.2, 0) is 11.3 Å². The van der Waals surface area contributed by atoms with E-state index in [-0.39, 0.29) is 12.7 Å². The fourth-order valence-corrected chi connectivity index (χ4v) is 1.72. The van der Waals surface area contributed by atoms with Crippen LogP contribution in [0.1, 0.15) is 44.9 Å². The molecule has 4 heteroatoms. The summed E-state index contributed by atoms with van der Waals surface area (Å²) in [5.41, 5.74) is 1.92. The molecule has 0 bridgehead atoms. The lowest BCUT2D eigenvalue weighted by molar-refractivity contribution is 0.0845. The fraction of sp³-hybridized carbons (Fsp3) is 0.667. The topological polar surface area (TPSA) is 45.6 Å². The minimum absolute atomic E-state index is 0.0472. The number of nitrogens with zero attached hydrogens (tertiary/aromatic N) is 2. The van der Waals surface area contributed by atoms with Crippen LogP contribution >= 0.6 is 0 Å². The second-order valence-corrected chi connectivity index (χ2v) is 5.41. The van der Waals surface area contributed by atoms with E-state index in [0.29, 0.717) is 12.5 Å². The van der Waals surface area contributed by atoms with E-state index in [2.05, 4.69) is 23.7 Å². The number of anilines is 1. The molecule has 108 valence electrons. The Kier molecular flexibility index (Phi) is 6.25. The van der Waals surface area contributed by atoms with Crippen molar-refractivity contribution in [1.82, 2.24) is 4.98 Å². The van der Waals surface area contributed by atoms with Crippen molar-refractivity contribution in [2.45, 2.75) is 46.3 Å². The van der Waals surface area contributed by atoms with Crippen molar-refractivity contribution < 1.29 is 9.84 Å². The summed E-state index contributed by atoms with van der Waals surface area (Å²) in [5.74, 6) is 1.24. The molecule has 4 nitrogen and oxygen atoms in total. The second-order valence-electron chi connectivity index (χ2n) is 5.41. The maximum Gasteiger partial charge on any atom is 0.128 e. The number of aliphatic hydroxyl groups is 1. The van der Waals surface area contributed by atoms with E-state index in [9.17, 15) is 5.11 Å². The van der Waals surface area contributed by atoms with Crippen LogP contribution in [0.15, 0.2) is 12.1 Å². The molecule has 19 heavy (non-hydrogen) atoms. The molecule has 0 aromatic carbocycles. The number of hydrogen-bond acceptors (Lipinski definition) is 4. The molecule has 0 spiro atoms. The predicted molar refractivity (Wildman–Crippen MR) is 78.6 cm³/mol. The Labute approximate surface area is 116 Å². The minimum atomic E-state index is 0.0472. The van der Waals surface area contributed by atoms with Crippen molar-refractivity contribution in [3.05, 3.63) is 23.4 Å². The van der Waals surface area contributed by atoms with Crippen LogP contribution < -0.4 is 4.90 Å². The van der Waals surface area contributed by atoms with Crippen LogP contribution in [0.5, 0.6) is 0 Å². The quantitative estimate of drug-likeness (QED) is 0.824. The lowest BCUT2D eigenvalue weighted by atomic mass is 10.1. The standard InChI is InChI=1S/C15H26N2O2/c1-11(2)14-8-13(10-18)9-15(16-14)17(5)6-7-19-12(3)4/h8-9,11-12,18H,6-7,10H2,1-5H3. The Morgan fingerprint density at radius 1 is 1.26 bits per heavy atom. The number of hydrogen-bond donors (Lipinski definition) is 1. The van der Waals surface area contributed by atoms with Gasteiger partial charge in [0.15, 0.2) is 0 Å². The van der Waals surface area contributed by atoms with E-state index in [4.69, 9.17) is 4.74 Å². The molecule has 0 aliphatic rings. The third kappa shape index (κ3) is 5.17. The van der Waals surface area contributed by atoms with Gasteiger partial charge >= 0.3 is 0 Å². The average Bonchev–Trinajstić information content (AvgIpc) is 2.37. The number of pyridine rings is 1. The molecule has 1 aromatic rings. The van der Waals surface area contributed by atoms with Gasteiger partial charge in [0.2, 0.25) is 0 Å². The highest BCUT2D eigenvalue weighted by Gasteiger charge is 2.09. The van der Waals surface area contributed by atoms with Gasteiger partial charge in [-0.15, -0.1) is 0 Å². The predicted octanol–water partition coefficient (Wildman–Crippen LogP) is 2.56. The SMILES string of the molecule is CC(C)OCCN(C)c1cc(CO)cc(C(C)C)n1. The van der Waals surface area contributed by atoms with Gasteiger partial charge < -0.3 is 14.7 Å². The molecule has 0 aliphatic carbocycles. The summed E-state index contributed by atoms with van der Waals surface area (Å²) >= 11 is 0. The summed E-state index contributed by atoms with van der Waals surface area (Å²) in [4.78, 5) is 6.70.